The number of nitrogens with zero attached hydrogens (tertiary/aromatic N) is 1. The largest absolute Gasteiger partial charge is 0.361 e. The van der Waals surface area contributed by atoms with Crippen LogP contribution in [-0.2, 0) is 4.79 Å². The number of carbonyl (C=O) groups excluding carboxylic acids is 2. The molecule has 0 bridgehead atoms. The summed E-state index contributed by atoms with van der Waals surface area (Å²) >= 11 is 0. The number of benzene rings is 2. The third kappa shape index (κ3) is 4.24. The van der Waals surface area contributed by atoms with Crippen LogP contribution in [0.2, 0.25) is 0 Å². The molecule has 0 aliphatic carbocycles. The fourth-order valence-corrected chi connectivity index (χ4v) is 3.85. The van der Waals surface area contributed by atoms with Crippen LogP contribution in [0.4, 0.5) is 0 Å². The van der Waals surface area contributed by atoms with Crippen molar-refractivity contribution in [1.29, 1.82) is 0 Å². The number of aromatic amines is 1. The Labute approximate surface area is 170 Å². The van der Waals surface area contributed by atoms with E-state index in [4.69, 9.17) is 0 Å². The van der Waals surface area contributed by atoms with Crippen LogP contribution >= 0.6 is 0 Å². The average molecular weight is 387 g/mol. The second-order valence-corrected chi connectivity index (χ2v) is 7.67. The normalized spacial score (nSPS) is 17.3. The fraction of sp³-hybridized carbons (Fsp3) is 0.250. The average Bonchev–Trinajstić information content (AvgIpc) is 3.16. The topological polar surface area (TPSA) is 65.2 Å². The number of likely N-dealkylation sites (tertiary alicyclic amines) is 1. The summed E-state index contributed by atoms with van der Waals surface area (Å²) in [5, 5.41) is 3.88. The Bertz CT molecular complexity index is 1050. The number of para-hydroxylation sites is 1. The molecule has 0 unspecified atom stereocenters. The number of hydrogen-bond donors (Lipinski definition) is 2. The number of hydrogen-bond acceptors (Lipinski definition) is 2. The van der Waals surface area contributed by atoms with Crippen molar-refractivity contribution >= 4 is 28.8 Å². The zero-order chi connectivity index (χ0) is 20.2. The molecule has 148 valence electrons. The van der Waals surface area contributed by atoms with Gasteiger partial charge in [-0.05, 0) is 43.0 Å². The van der Waals surface area contributed by atoms with Crippen molar-refractivity contribution < 1.29 is 9.59 Å². The minimum atomic E-state index is -0.282. The lowest BCUT2D eigenvalue weighted by Gasteiger charge is -2.31. The molecule has 1 aromatic heterocycles. The van der Waals surface area contributed by atoms with Crippen LogP contribution in [0, 0.1) is 5.92 Å². The van der Waals surface area contributed by atoms with Gasteiger partial charge in [-0.1, -0.05) is 43.3 Å². The highest BCUT2D eigenvalue weighted by molar-refractivity contribution is 6.06. The monoisotopic (exact) mass is 387 g/mol. The Morgan fingerprint density at radius 1 is 1.10 bits per heavy atom. The molecule has 1 aliphatic heterocycles. The molecule has 1 atom stereocenters. The predicted octanol–water partition coefficient (Wildman–Crippen LogP) is 4.20. The Hall–Kier alpha value is -3.34. The summed E-state index contributed by atoms with van der Waals surface area (Å²) in [6.07, 6.45) is 5.76. The molecule has 3 aromatic rings. The molecule has 5 heteroatoms. The van der Waals surface area contributed by atoms with Crippen LogP contribution in [-0.4, -0.2) is 34.8 Å². The molecule has 2 heterocycles. The summed E-state index contributed by atoms with van der Waals surface area (Å²) in [5.74, 6) is 0.0491. The van der Waals surface area contributed by atoms with Crippen molar-refractivity contribution in [3.63, 3.8) is 0 Å². The number of nitrogens with one attached hydrogen (secondary N) is 2. The second kappa shape index (κ2) is 8.35. The first-order valence-electron chi connectivity index (χ1n) is 10.1. The van der Waals surface area contributed by atoms with E-state index in [1.807, 2.05) is 53.6 Å². The van der Waals surface area contributed by atoms with Crippen molar-refractivity contribution in [1.82, 2.24) is 15.2 Å². The Kier molecular flexibility index (Phi) is 5.47. The molecule has 1 saturated heterocycles. The molecule has 0 saturated carbocycles. The summed E-state index contributed by atoms with van der Waals surface area (Å²) < 4.78 is 0. The van der Waals surface area contributed by atoms with E-state index in [-0.39, 0.29) is 11.8 Å². The van der Waals surface area contributed by atoms with Crippen LogP contribution in [0.1, 0.15) is 35.7 Å². The van der Waals surface area contributed by atoms with Crippen molar-refractivity contribution in [2.45, 2.75) is 19.8 Å². The number of carbonyl (C=O) groups is 2. The molecule has 2 aromatic carbocycles. The van der Waals surface area contributed by atoms with Crippen LogP contribution in [0.15, 0.2) is 66.5 Å². The Balaban J connectivity index is 1.68. The number of aromatic nitrogens is 1. The van der Waals surface area contributed by atoms with E-state index >= 15 is 0 Å². The Morgan fingerprint density at radius 2 is 1.86 bits per heavy atom. The van der Waals surface area contributed by atoms with Crippen molar-refractivity contribution in [2.75, 3.05) is 13.1 Å². The summed E-state index contributed by atoms with van der Waals surface area (Å²) in [5.41, 5.74) is 2.70. The van der Waals surface area contributed by atoms with E-state index in [0.29, 0.717) is 23.7 Å². The van der Waals surface area contributed by atoms with Gasteiger partial charge in [0.2, 0.25) is 0 Å². The molecule has 0 spiro atoms. The maximum Gasteiger partial charge on any atom is 0.270 e. The number of piperidine rings is 1. The molecule has 5 nitrogen and oxygen atoms in total. The van der Waals surface area contributed by atoms with Crippen LogP contribution < -0.4 is 5.32 Å². The lowest BCUT2D eigenvalue weighted by molar-refractivity contribution is -0.129. The molecular weight excluding hydrogens is 362 g/mol. The quantitative estimate of drug-likeness (QED) is 0.659. The highest BCUT2D eigenvalue weighted by Gasteiger charge is 2.25. The van der Waals surface area contributed by atoms with Gasteiger partial charge in [-0.25, -0.2) is 0 Å². The smallest absolute Gasteiger partial charge is 0.270 e. The zero-order valence-electron chi connectivity index (χ0n) is 16.5. The fourth-order valence-electron chi connectivity index (χ4n) is 3.85. The molecule has 4 rings (SSSR count). The summed E-state index contributed by atoms with van der Waals surface area (Å²) in [7, 11) is 0. The van der Waals surface area contributed by atoms with Gasteiger partial charge in [0.05, 0.1) is 0 Å². The molecule has 1 fully saturated rings. The van der Waals surface area contributed by atoms with Crippen molar-refractivity contribution in [3.05, 3.63) is 77.6 Å². The number of rotatable bonds is 4. The highest BCUT2D eigenvalue weighted by atomic mass is 16.2. The summed E-state index contributed by atoms with van der Waals surface area (Å²) in [6, 6.07) is 16.9. The maximum absolute atomic E-state index is 13.3. The lowest BCUT2D eigenvalue weighted by atomic mass is 10.00. The van der Waals surface area contributed by atoms with Crippen LogP contribution in [0.5, 0.6) is 0 Å². The van der Waals surface area contributed by atoms with Gasteiger partial charge in [-0.15, -0.1) is 0 Å². The van der Waals surface area contributed by atoms with Crippen molar-refractivity contribution in [2.24, 2.45) is 5.92 Å². The van der Waals surface area contributed by atoms with Crippen LogP contribution in [0.25, 0.3) is 17.0 Å². The van der Waals surface area contributed by atoms with E-state index in [1.165, 1.54) is 0 Å². The number of fused-ring (bicyclic) bond motifs is 1. The first-order valence-corrected chi connectivity index (χ1v) is 10.1. The number of amides is 2. The molecule has 0 radical (unpaired) electrons. The van der Waals surface area contributed by atoms with Gasteiger partial charge in [-0.3, -0.25) is 9.59 Å². The maximum atomic E-state index is 13.3. The van der Waals surface area contributed by atoms with E-state index < -0.39 is 0 Å². The van der Waals surface area contributed by atoms with E-state index in [0.717, 1.165) is 35.9 Å². The second-order valence-electron chi connectivity index (χ2n) is 7.67. The Morgan fingerprint density at radius 3 is 2.66 bits per heavy atom. The minimum absolute atomic E-state index is 0.133. The van der Waals surface area contributed by atoms with Crippen molar-refractivity contribution in [3.8, 4) is 0 Å². The summed E-state index contributed by atoms with van der Waals surface area (Å²) in [6.45, 7) is 3.59. The molecular formula is C24H25N3O2. The minimum Gasteiger partial charge on any atom is -0.361 e. The molecule has 1 aliphatic rings. The van der Waals surface area contributed by atoms with Gasteiger partial charge in [0.25, 0.3) is 11.8 Å². The summed E-state index contributed by atoms with van der Waals surface area (Å²) in [4.78, 5) is 31.1. The van der Waals surface area contributed by atoms with Gasteiger partial charge in [0.15, 0.2) is 0 Å². The third-order valence-electron chi connectivity index (χ3n) is 5.38. The standard InChI is InChI=1S/C24H25N3O2/c1-17-8-7-13-27(16-17)24(29)22(26-23(28)18-9-3-2-4-10-18)14-19-15-25-21-12-6-5-11-20(19)21/h2-6,9-12,14-15,17,25H,7-8,13,16H2,1H3,(H,26,28)/b22-14-/t17-/m0/s1. The van der Waals surface area contributed by atoms with Gasteiger partial charge < -0.3 is 15.2 Å². The SMILES string of the molecule is C[C@H]1CCCN(C(=O)/C(=C/c2c[nH]c3ccccc23)NC(=O)c2ccccc2)C1. The molecule has 2 N–H and O–H groups in total. The highest BCUT2D eigenvalue weighted by Crippen LogP contribution is 2.22. The predicted molar refractivity (Wildman–Crippen MR) is 115 cm³/mol. The lowest BCUT2D eigenvalue weighted by Crippen LogP contribution is -2.43. The van der Waals surface area contributed by atoms with E-state index in [1.54, 1.807) is 18.2 Å². The first kappa shape index (κ1) is 19.0. The third-order valence-corrected chi connectivity index (χ3v) is 5.38. The van der Waals surface area contributed by atoms with Gasteiger partial charge in [0, 0.05) is 41.3 Å². The van der Waals surface area contributed by atoms with Gasteiger partial charge >= 0.3 is 0 Å². The van der Waals surface area contributed by atoms with E-state index in [2.05, 4.69) is 17.2 Å². The first-order chi connectivity index (χ1) is 14.1. The zero-order valence-corrected chi connectivity index (χ0v) is 16.5. The van der Waals surface area contributed by atoms with Gasteiger partial charge in [0.1, 0.15) is 5.70 Å². The molecule has 2 amide bonds. The van der Waals surface area contributed by atoms with E-state index in [9.17, 15) is 9.59 Å². The molecule has 29 heavy (non-hydrogen) atoms. The number of H-pyrrole nitrogens is 1. The van der Waals surface area contributed by atoms with Crippen LogP contribution in [0.3, 0.4) is 0 Å². The van der Waals surface area contributed by atoms with Gasteiger partial charge in [-0.2, -0.15) is 0 Å².